The standard InChI is InChI=1S/C19H16N2O4/c1-13(22)25-16-7-5-6-14(11-16)10-15(12-20)19(23)21-17-8-3-4-9-18(17)24-2/h3-11H,1-2H3,(H,21,23)/b15-10+. The van der Waals surface area contributed by atoms with E-state index in [1.807, 2.05) is 6.07 Å². The zero-order valence-corrected chi connectivity index (χ0v) is 13.8. The summed E-state index contributed by atoms with van der Waals surface area (Å²) in [5.74, 6) is -0.186. The van der Waals surface area contributed by atoms with Crippen molar-refractivity contribution >= 4 is 23.6 Å². The highest BCUT2D eigenvalue weighted by Crippen LogP contribution is 2.24. The molecule has 126 valence electrons. The molecular formula is C19H16N2O4. The minimum atomic E-state index is -0.565. The van der Waals surface area contributed by atoms with Crippen LogP contribution in [-0.2, 0) is 9.59 Å². The Morgan fingerprint density at radius 3 is 2.60 bits per heavy atom. The molecule has 1 N–H and O–H groups in total. The van der Waals surface area contributed by atoms with Crippen LogP contribution >= 0.6 is 0 Å². The summed E-state index contributed by atoms with van der Waals surface area (Å²) < 4.78 is 10.2. The van der Waals surface area contributed by atoms with E-state index in [9.17, 15) is 14.9 Å². The minimum Gasteiger partial charge on any atom is -0.495 e. The van der Waals surface area contributed by atoms with E-state index >= 15 is 0 Å². The van der Waals surface area contributed by atoms with E-state index < -0.39 is 11.9 Å². The molecule has 1 amide bonds. The number of esters is 1. The molecule has 0 spiro atoms. The number of nitriles is 1. The smallest absolute Gasteiger partial charge is 0.308 e. The van der Waals surface area contributed by atoms with Crippen molar-refractivity contribution in [3.63, 3.8) is 0 Å². The molecule has 0 fully saturated rings. The van der Waals surface area contributed by atoms with Gasteiger partial charge in [-0.05, 0) is 35.9 Å². The van der Waals surface area contributed by atoms with E-state index in [0.717, 1.165) is 0 Å². The number of nitrogens with one attached hydrogen (secondary N) is 1. The Labute approximate surface area is 145 Å². The molecular weight excluding hydrogens is 320 g/mol. The molecule has 0 atom stereocenters. The molecule has 0 bridgehead atoms. The third-order valence-electron chi connectivity index (χ3n) is 3.15. The van der Waals surface area contributed by atoms with Crippen LogP contribution in [0.4, 0.5) is 5.69 Å². The second-order valence-corrected chi connectivity index (χ2v) is 4.99. The van der Waals surface area contributed by atoms with E-state index in [-0.39, 0.29) is 5.57 Å². The van der Waals surface area contributed by atoms with E-state index in [4.69, 9.17) is 9.47 Å². The number of benzene rings is 2. The van der Waals surface area contributed by atoms with E-state index in [1.165, 1.54) is 20.1 Å². The number of hydrogen-bond acceptors (Lipinski definition) is 5. The second-order valence-electron chi connectivity index (χ2n) is 4.99. The Morgan fingerprint density at radius 2 is 1.92 bits per heavy atom. The predicted octanol–water partition coefficient (Wildman–Crippen LogP) is 3.17. The van der Waals surface area contributed by atoms with Gasteiger partial charge in [0.05, 0.1) is 12.8 Å². The van der Waals surface area contributed by atoms with Crippen LogP contribution < -0.4 is 14.8 Å². The molecule has 0 saturated carbocycles. The highest BCUT2D eigenvalue weighted by molar-refractivity contribution is 6.10. The number of amides is 1. The highest BCUT2D eigenvalue weighted by atomic mass is 16.5. The van der Waals surface area contributed by atoms with Crippen LogP contribution in [0.25, 0.3) is 6.08 Å². The van der Waals surface area contributed by atoms with Crippen LogP contribution in [0.15, 0.2) is 54.1 Å². The zero-order valence-electron chi connectivity index (χ0n) is 13.8. The van der Waals surface area contributed by atoms with Gasteiger partial charge >= 0.3 is 5.97 Å². The maximum atomic E-state index is 12.3. The van der Waals surface area contributed by atoms with Crippen molar-refractivity contribution in [3.8, 4) is 17.6 Å². The van der Waals surface area contributed by atoms with E-state index in [0.29, 0.717) is 22.7 Å². The van der Waals surface area contributed by atoms with Crippen LogP contribution in [0.5, 0.6) is 11.5 Å². The summed E-state index contributed by atoms with van der Waals surface area (Å²) in [5.41, 5.74) is 0.932. The molecule has 0 unspecified atom stereocenters. The summed E-state index contributed by atoms with van der Waals surface area (Å²) in [6.45, 7) is 1.30. The molecule has 2 rings (SSSR count). The van der Waals surface area contributed by atoms with Gasteiger partial charge in [0.2, 0.25) is 0 Å². The first kappa shape index (κ1) is 17.8. The van der Waals surface area contributed by atoms with Gasteiger partial charge in [0.1, 0.15) is 23.1 Å². The number of para-hydroxylation sites is 2. The molecule has 2 aromatic rings. The van der Waals surface area contributed by atoms with E-state index in [1.54, 1.807) is 48.5 Å². The van der Waals surface area contributed by atoms with Crippen molar-refractivity contribution < 1.29 is 19.1 Å². The number of methoxy groups -OCH3 is 1. The van der Waals surface area contributed by atoms with Gasteiger partial charge in [-0.15, -0.1) is 0 Å². The van der Waals surface area contributed by atoms with Gasteiger partial charge in [0.25, 0.3) is 5.91 Å². The Morgan fingerprint density at radius 1 is 1.16 bits per heavy atom. The molecule has 0 heterocycles. The average Bonchev–Trinajstić information content (AvgIpc) is 2.59. The summed E-state index contributed by atoms with van der Waals surface area (Å²) >= 11 is 0. The van der Waals surface area contributed by atoms with Crippen LogP contribution in [0.3, 0.4) is 0 Å². The summed E-state index contributed by atoms with van der Waals surface area (Å²) in [6, 6.07) is 15.3. The van der Waals surface area contributed by atoms with Crippen LogP contribution in [0, 0.1) is 11.3 Å². The Kier molecular flexibility index (Phi) is 5.91. The van der Waals surface area contributed by atoms with Crippen molar-refractivity contribution in [1.29, 1.82) is 5.26 Å². The van der Waals surface area contributed by atoms with Crippen molar-refractivity contribution in [2.45, 2.75) is 6.92 Å². The minimum absolute atomic E-state index is 0.0918. The first-order chi connectivity index (χ1) is 12.0. The second kappa shape index (κ2) is 8.31. The Balaban J connectivity index is 2.24. The van der Waals surface area contributed by atoms with Crippen molar-refractivity contribution in [2.24, 2.45) is 0 Å². The zero-order chi connectivity index (χ0) is 18.2. The number of nitrogens with zero attached hydrogens (tertiary/aromatic N) is 1. The van der Waals surface area contributed by atoms with Gasteiger partial charge in [0.15, 0.2) is 0 Å². The van der Waals surface area contributed by atoms with Gasteiger partial charge in [-0.25, -0.2) is 0 Å². The SMILES string of the molecule is COc1ccccc1NC(=O)/C(C#N)=C/c1cccc(OC(C)=O)c1. The fourth-order valence-electron chi connectivity index (χ4n) is 2.09. The number of ether oxygens (including phenoxy) is 2. The highest BCUT2D eigenvalue weighted by Gasteiger charge is 2.12. The number of anilines is 1. The average molecular weight is 336 g/mol. The summed E-state index contributed by atoms with van der Waals surface area (Å²) in [5, 5.41) is 11.9. The first-order valence-corrected chi connectivity index (χ1v) is 7.38. The molecule has 25 heavy (non-hydrogen) atoms. The predicted molar refractivity (Wildman–Crippen MR) is 93.0 cm³/mol. The maximum absolute atomic E-state index is 12.3. The van der Waals surface area contributed by atoms with Gasteiger partial charge in [-0.2, -0.15) is 5.26 Å². The number of carbonyl (C=O) groups excluding carboxylic acids is 2. The third kappa shape index (κ3) is 4.94. The van der Waals surface area contributed by atoms with Gasteiger partial charge in [-0.3, -0.25) is 9.59 Å². The molecule has 0 radical (unpaired) electrons. The lowest BCUT2D eigenvalue weighted by Gasteiger charge is -2.09. The molecule has 0 saturated heterocycles. The molecule has 0 aromatic heterocycles. The lowest BCUT2D eigenvalue weighted by atomic mass is 10.1. The number of carbonyl (C=O) groups is 2. The third-order valence-corrected chi connectivity index (χ3v) is 3.15. The summed E-state index contributed by atoms with van der Waals surface area (Å²) in [4.78, 5) is 23.3. The fraction of sp³-hybridized carbons (Fsp3) is 0.105. The van der Waals surface area contributed by atoms with Gasteiger partial charge < -0.3 is 14.8 Å². The monoisotopic (exact) mass is 336 g/mol. The van der Waals surface area contributed by atoms with Crippen molar-refractivity contribution in [3.05, 3.63) is 59.7 Å². The molecule has 6 heteroatoms. The number of hydrogen-bond donors (Lipinski definition) is 1. The number of rotatable bonds is 5. The van der Waals surface area contributed by atoms with Crippen molar-refractivity contribution in [1.82, 2.24) is 0 Å². The van der Waals surface area contributed by atoms with E-state index in [2.05, 4.69) is 5.32 Å². The quantitative estimate of drug-likeness (QED) is 0.392. The Bertz CT molecular complexity index is 866. The Hall–Kier alpha value is -3.59. The fourth-order valence-corrected chi connectivity index (χ4v) is 2.09. The summed E-state index contributed by atoms with van der Waals surface area (Å²) in [7, 11) is 1.49. The lowest BCUT2D eigenvalue weighted by Crippen LogP contribution is -2.14. The summed E-state index contributed by atoms with van der Waals surface area (Å²) in [6.07, 6.45) is 1.41. The van der Waals surface area contributed by atoms with Crippen molar-refractivity contribution in [2.75, 3.05) is 12.4 Å². The van der Waals surface area contributed by atoms with Crippen LogP contribution in [0.2, 0.25) is 0 Å². The topological polar surface area (TPSA) is 88.4 Å². The molecule has 0 aliphatic rings. The molecule has 2 aromatic carbocycles. The molecule has 0 aliphatic heterocycles. The first-order valence-electron chi connectivity index (χ1n) is 7.38. The normalized spacial score (nSPS) is 10.5. The molecule has 0 aliphatic carbocycles. The van der Waals surface area contributed by atoms with Crippen LogP contribution in [-0.4, -0.2) is 19.0 Å². The van der Waals surface area contributed by atoms with Gasteiger partial charge in [0, 0.05) is 6.92 Å². The lowest BCUT2D eigenvalue weighted by molar-refractivity contribution is -0.131. The maximum Gasteiger partial charge on any atom is 0.308 e. The largest absolute Gasteiger partial charge is 0.495 e. The van der Waals surface area contributed by atoms with Crippen LogP contribution in [0.1, 0.15) is 12.5 Å². The van der Waals surface area contributed by atoms with Gasteiger partial charge in [-0.1, -0.05) is 24.3 Å². The molecule has 6 nitrogen and oxygen atoms in total.